The third kappa shape index (κ3) is 5.30. The van der Waals surface area contributed by atoms with Crippen LogP contribution in [0.2, 0.25) is 0 Å². The van der Waals surface area contributed by atoms with Crippen LogP contribution in [0.3, 0.4) is 0 Å². The molecule has 4 heteroatoms. The van der Waals surface area contributed by atoms with Gasteiger partial charge < -0.3 is 11.1 Å². The van der Waals surface area contributed by atoms with Gasteiger partial charge in [0, 0.05) is 6.04 Å². The van der Waals surface area contributed by atoms with Crippen molar-refractivity contribution in [2.45, 2.75) is 57.5 Å². The summed E-state index contributed by atoms with van der Waals surface area (Å²) in [7, 11) is 0. The normalized spacial score (nSPS) is 26.5. The van der Waals surface area contributed by atoms with Gasteiger partial charge in [-0.3, -0.25) is 4.79 Å². The zero-order valence-corrected chi connectivity index (χ0v) is 11.9. The van der Waals surface area contributed by atoms with Crippen molar-refractivity contribution >= 4 is 17.7 Å². The zero-order chi connectivity index (χ0) is 12.7. The Hall–Kier alpha value is -0.220. The molecule has 17 heavy (non-hydrogen) atoms. The highest BCUT2D eigenvalue weighted by atomic mass is 32.2. The van der Waals surface area contributed by atoms with Gasteiger partial charge in [0.1, 0.15) is 0 Å². The Balaban J connectivity index is 2.22. The molecule has 0 aromatic carbocycles. The smallest absolute Gasteiger partial charge is 0.237 e. The summed E-state index contributed by atoms with van der Waals surface area (Å²) < 4.78 is 0. The summed E-state index contributed by atoms with van der Waals surface area (Å²) in [5.74, 6) is 1.87. The summed E-state index contributed by atoms with van der Waals surface area (Å²) in [5, 5.41) is 3.10. The minimum Gasteiger partial charge on any atom is -0.352 e. The lowest BCUT2D eigenvalue weighted by Crippen LogP contribution is -2.46. The first-order valence-electron chi connectivity index (χ1n) is 6.72. The van der Waals surface area contributed by atoms with Gasteiger partial charge in [-0.25, -0.2) is 0 Å². The van der Waals surface area contributed by atoms with E-state index in [4.69, 9.17) is 5.73 Å². The maximum absolute atomic E-state index is 11.8. The molecule has 100 valence electrons. The average molecular weight is 258 g/mol. The predicted molar refractivity (Wildman–Crippen MR) is 75.2 cm³/mol. The number of hydrogen-bond donors (Lipinski definition) is 2. The van der Waals surface area contributed by atoms with Crippen LogP contribution in [0.1, 0.15) is 45.4 Å². The molecule has 0 spiro atoms. The van der Waals surface area contributed by atoms with Gasteiger partial charge in [-0.1, -0.05) is 13.3 Å². The third-order valence-electron chi connectivity index (χ3n) is 3.74. The van der Waals surface area contributed by atoms with E-state index in [-0.39, 0.29) is 11.9 Å². The highest BCUT2D eigenvalue weighted by Crippen LogP contribution is 2.26. The van der Waals surface area contributed by atoms with Gasteiger partial charge in [-0.05, 0) is 50.0 Å². The second-order valence-electron chi connectivity index (χ2n) is 5.02. The molecule has 1 saturated carbocycles. The van der Waals surface area contributed by atoms with Crippen LogP contribution in [0.5, 0.6) is 0 Å². The lowest BCUT2D eigenvalue weighted by Gasteiger charge is -2.29. The molecule has 0 heterocycles. The van der Waals surface area contributed by atoms with Crippen LogP contribution in [0, 0.1) is 5.92 Å². The van der Waals surface area contributed by atoms with E-state index >= 15 is 0 Å². The fourth-order valence-corrected chi connectivity index (χ4v) is 2.89. The molecule has 1 aliphatic rings. The molecule has 0 radical (unpaired) electrons. The monoisotopic (exact) mass is 258 g/mol. The lowest BCUT2D eigenvalue weighted by atomic mass is 9.84. The van der Waals surface area contributed by atoms with E-state index in [1.807, 2.05) is 6.26 Å². The molecule has 1 fully saturated rings. The summed E-state index contributed by atoms with van der Waals surface area (Å²) in [6, 6.07) is 0.0389. The van der Waals surface area contributed by atoms with Crippen LogP contribution in [-0.4, -0.2) is 30.0 Å². The number of thioether (sulfide) groups is 1. The third-order valence-corrected chi connectivity index (χ3v) is 4.38. The number of carbonyl (C=O) groups excluding carboxylic acids is 1. The molecule has 0 unspecified atom stereocenters. The van der Waals surface area contributed by atoms with Gasteiger partial charge >= 0.3 is 0 Å². The number of rotatable bonds is 6. The van der Waals surface area contributed by atoms with E-state index in [0.29, 0.717) is 6.04 Å². The Bertz CT molecular complexity index is 227. The van der Waals surface area contributed by atoms with Crippen LogP contribution in [0.15, 0.2) is 0 Å². The summed E-state index contributed by atoms with van der Waals surface area (Å²) in [5.41, 5.74) is 5.85. The first-order valence-corrected chi connectivity index (χ1v) is 8.11. The molecular weight excluding hydrogens is 232 g/mol. The van der Waals surface area contributed by atoms with Crippen LogP contribution >= 0.6 is 11.8 Å². The number of carbonyl (C=O) groups is 1. The van der Waals surface area contributed by atoms with E-state index in [2.05, 4.69) is 12.2 Å². The van der Waals surface area contributed by atoms with Gasteiger partial charge in [-0.15, -0.1) is 0 Å². The summed E-state index contributed by atoms with van der Waals surface area (Å²) in [6.07, 6.45) is 8.84. The number of amides is 1. The Morgan fingerprint density at radius 2 is 2.06 bits per heavy atom. The zero-order valence-electron chi connectivity index (χ0n) is 11.1. The van der Waals surface area contributed by atoms with Gasteiger partial charge in [0.15, 0.2) is 0 Å². The van der Waals surface area contributed by atoms with Crippen molar-refractivity contribution in [3.63, 3.8) is 0 Å². The molecule has 1 atom stereocenters. The molecule has 3 N–H and O–H groups in total. The van der Waals surface area contributed by atoms with Crippen molar-refractivity contribution < 1.29 is 4.79 Å². The van der Waals surface area contributed by atoms with Gasteiger partial charge in [0.25, 0.3) is 0 Å². The molecular formula is C13H26N2OS. The fraction of sp³-hybridized carbons (Fsp3) is 0.923. The van der Waals surface area contributed by atoms with E-state index < -0.39 is 0 Å². The second-order valence-corrected chi connectivity index (χ2v) is 6.01. The predicted octanol–water partition coefficient (Wildman–Crippen LogP) is 2.15. The molecule has 0 aromatic rings. The topological polar surface area (TPSA) is 55.1 Å². The van der Waals surface area contributed by atoms with Gasteiger partial charge in [0.2, 0.25) is 5.91 Å². The number of nitrogens with one attached hydrogen (secondary N) is 1. The Kier molecular flexibility index (Phi) is 6.97. The molecule has 1 rings (SSSR count). The highest BCUT2D eigenvalue weighted by Gasteiger charge is 2.23. The molecule has 1 aliphatic carbocycles. The van der Waals surface area contributed by atoms with Gasteiger partial charge in [0.05, 0.1) is 6.04 Å². The quantitative estimate of drug-likeness (QED) is 0.767. The van der Waals surface area contributed by atoms with Crippen LogP contribution < -0.4 is 11.1 Å². The molecule has 0 aliphatic heterocycles. The summed E-state index contributed by atoms with van der Waals surface area (Å²) in [6.45, 7) is 2.25. The maximum atomic E-state index is 11.8. The van der Waals surface area contributed by atoms with Crippen molar-refractivity contribution in [1.82, 2.24) is 5.32 Å². The van der Waals surface area contributed by atoms with E-state index in [0.717, 1.165) is 30.9 Å². The van der Waals surface area contributed by atoms with E-state index in [1.165, 1.54) is 19.3 Å². The van der Waals surface area contributed by atoms with Crippen molar-refractivity contribution in [1.29, 1.82) is 0 Å². The summed E-state index contributed by atoms with van der Waals surface area (Å²) >= 11 is 1.74. The van der Waals surface area contributed by atoms with E-state index in [9.17, 15) is 4.79 Å². The van der Waals surface area contributed by atoms with Crippen molar-refractivity contribution in [3.8, 4) is 0 Å². The van der Waals surface area contributed by atoms with Crippen LogP contribution in [0.4, 0.5) is 0 Å². The van der Waals surface area contributed by atoms with Crippen molar-refractivity contribution in [2.24, 2.45) is 11.7 Å². The average Bonchev–Trinajstić information content (AvgIpc) is 2.36. The number of nitrogens with two attached hydrogens (primary N) is 1. The first kappa shape index (κ1) is 14.8. The first-order chi connectivity index (χ1) is 8.17. The standard InChI is InChI=1S/C13H26N2OS/c1-3-10-4-6-11(7-5-10)15-13(16)12(14)8-9-17-2/h10-12H,3-9,14H2,1-2H3,(H,15,16)/t10?,11?,12-/m0/s1. The largest absolute Gasteiger partial charge is 0.352 e. The molecule has 3 nitrogen and oxygen atoms in total. The molecule has 0 aromatic heterocycles. The number of hydrogen-bond acceptors (Lipinski definition) is 3. The fourth-order valence-electron chi connectivity index (χ4n) is 2.40. The molecule has 0 bridgehead atoms. The Morgan fingerprint density at radius 1 is 1.41 bits per heavy atom. The van der Waals surface area contributed by atoms with E-state index in [1.54, 1.807) is 11.8 Å². The molecule has 0 saturated heterocycles. The summed E-state index contributed by atoms with van der Waals surface area (Å²) in [4.78, 5) is 11.8. The minimum atomic E-state index is -0.327. The molecule has 1 amide bonds. The van der Waals surface area contributed by atoms with Crippen LogP contribution in [-0.2, 0) is 4.79 Å². The minimum absolute atomic E-state index is 0.0407. The Labute approximate surface area is 109 Å². The van der Waals surface area contributed by atoms with Crippen molar-refractivity contribution in [3.05, 3.63) is 0 Å². The SMILES string of the molecule is CCC1CCC(NC(=O)[C@@H](N)CCSC)CC1. The van der Waals surface area contributed by atoms with Crippen LogP contribution in [0.25, 0.3) is 0 Å². The highest BCUT2D eigenvalue weighted by molar-refractivity contribution is 7.98. The maximum Gasteiger partial charge on any atom is 0.237 e. The lowest BCUT2D eigenvalue weighted by molar-refractivity contribution is -0.123. The second kappa shape index (κ2) is 7.98. The Morgan fingerprint density at radius 3 is 2.59 bits per heavy atom. The van der Waals surface area contributed by atoms with Crippen molar-refractivity contribution in [2.75, 3.05) is 12.0 Å². The van der Waals surface area contributed by atoms with Gasteiger partial charge in [-0.2, -0.15) is 11.8 Å².